The molecule has 0 bridgehead atoms. The normalized spacial score (nSPS) is 12.7. The number of amides is 2. The molecule has 0 spiro atoms. The number of benzene rings is 2. The largest absolute Gasteiger partial charge is 0.329 e. The third-order valence-corrected chi connectivity index (χ3v) is 6.64. The highest BCUT2D eigenvalue weighted by molar-refractivity contribution is 6.12. The summed E-state index contributed by atoms with van der Waals surface area (Å²) in [4.78, 5) is 60.1. The Morgan fingerprint density at radius 1 is 1.08 bits per heavy atom. The van der Waals surface area contributed by atoms with Gasteiger partial charge in [-0.3, -0.25) is 23.9 Å². The monoisotopic (exact) mass is 497 g/mol. The lowest BCUT2D eigenvalue weighted by molar-refractivity contribution is 0.0988. The predicted molar refractivity (Wildman–Crippen MR) is 143 cm³/mol. The van der Waals surface area contributed by atoms with Gasteiger partial charge >= 0.3 is 5.69 Å². The number of aromatic nitrogens is 3. The number of fused-ring (bicyclic) bond motifs is 2. The number of anilines is 2. The van der Waals surface area contributed by atoms with E-state index in [1.165, 1.54) is 4.57 Å². The van der Waals surface area contributed by atoms with E-state index in [9.17, 15) is 19.2 Å². The van der Waals surface area contributed by atoms with Crippen LogP contribution in [0.15, 0.2) is 64.2 Å². The third kappa shape index (κ3) is 4.33. The maximum atomic E-state index is 13.4. The molecule has 0 aliphatic carbocycles. The third-order valence-electron chi connectivity index (χ3n) is 6.64. The molecule has 2 amide bonds. The van der Waals surface area contributed by atoms with Crippen LogP contribution in [0.4, 0.5) is 11.4 Å². The predicted octanol–water partition coefficient (Wildman–Crippen LogP) is 3.68. The quantitative estimate of drug-likeness (QED) is 0.436. The van der Waals surface area contributed by atoms with E-state index in [0.29, 0.717) is 30.0 Å². The first kappa shape index (κ1) is 24.2. The molecule has 5 rings (SSSR count). The summed E-state index contributed by atoms with van der Waals surface area (Å²) < 4.78 is 1.34. The van der Waals surface area contributed by atoms with Crippen LogP contribution in [0, 0.1) is 0 Å². The van der Waals surface area contributed by atoms with Crippen molar-refractivity contribution in [2.75, 3.05) is 16.8 Å². The zero-order valence-electron chi connectivity index (χ0n) is 20.9. The molecule has 2 aromatic heterocycles. The van der Waals surface area contributed by atoms with Crippen molar-refractivity contribution in [1.29, 1.82) is 0 Å². The molecule has 9 nitrogen and oxygen atoms in total. The molecule has 0 fully saturated rings. The minimum Gasteiger partial charge on any atom is -0.322 e. The van der Waals surface area contributed by atoms with Crippen LogP contribution in [0.3, 0.4) is 0 Å². The van der Waals surface area contributed by atoms with E-state index in [0.717, 1.165) is 17.7 Å². The van der Waals surface area contributed by atoms with Gasteiger partial charge in [0.05, 0.1) is 10.9 Å². The zero-order valence-corrected chi connectivity index (χ0v) is 20.9. The smallest absolute Gasteiger partial charge is 0.322 e. The van der Waals surface area contributed by atoms with Crippen LogP contribution in [-0.4, -0.2) is 32.9 Å². The lowest BCUT2D eigenvalue weighted by Crippen LogP contribution is -2.32. The number of carbonyl (C=O) groups excluding carboxylic acids is 2. The van der Waals surface area contributed by atoms with Crippen LogP contribution in [0.25, 0.3) is 11.0 Å². The Kier molecular flexibility index (Phi) is 6.20. The average Bonchev–Trinajstić information content (AvgIpc) is 3.32. The molecule has 1 aliphatic heterocycles. The van der Waals surface area contributed by atoms with E-state index in [2.05, 4.69) is 15.3 Å². The summed E-state index contributed by atoms with van der Waals surface area (Å²) in [5.74, 6) is -0.640. The minimum absolute atomic E-state index is 0.0309. The molecule has 2 aromatic carbocycles. The van der Waals surface area contributed by atoms with Gasteiger partial charge < -0.3 is 10.2 Å². The van der Waals surface area contributed by atoms with Gasteiger partial charge in [0.2, 0.25) is 0 Å². The van der Waals surface area contributed by atoms with Crippen LogP contribution in [0.5, 0.6) is 0 Å². The number of aryl methyl sites for hydroxylation is 1. The highest BCUT2D eigenvalue weighted by Gasteiger charge is 2.25. The van der Waals surface area contributed by atoms with Gasteiger partial charge in [-0.2, -0.15) is 0 Å². The first-order chi connectivity index (χ1) is 17.8. The molecule has 2 N–H and O–H groups in total. The highest BCUT2D eigenvalue weighted by Crippen LogP contribution is 2.29. The van der Waals surface area contributed by atoms with Gasteiger partial charge in [-0.25, -0.2) is 9.78 Å². The molecule has 37 heavy (non-hydrogen) atoms. The minimum atomic E-state index is -0.663. The summed E-state index contributed by atoms with van der Waals surface area (Å²) in [6.45, 7) is 6.53. The van der Waals surface area contributed by atoms with Gasteiger partial charge in [0.1, 0.15) is 0 Å². The van der Waals surface area contributed by atoms with Crippen LogP contribution >= 0.6 is 0 Å². The van der Waals surface area contributed by atoms with Crippen molar-refractivity contribution >= 4 is 34.2 Å². The second-order valence-electron chi connectivity index (χ2n) is 9.32. The van der Waals surface area contributed by atoms with Gasteiger partial charge in [0, 0.05) is 35.7 Å². The summed E-state index contributed by atoms with van der Waals surface area (Å²) in [5, 5.41) is 2.87. The molecule has 9 heteroatoms. The van der Waals surface area contributed by atoms with E-state index in [4.69, 9.17) is 0 Å². The summed E-state index contributed by atoms with van der Waals surface area (Å²) in [5.41, 5.74) is 2.72. The number of aromatic amines is 1. The van der Waals surface area contributed by atoms with Crippen molar-refractivity contribution < 1.29 is 9.59 Å². The van der Waals surface area contributed by atoms with Crippen molar-refractivity contribution in [3.05, 3.63) is 97.8 Å². The van der Waals surface area contributed by atoms with Crippen LogP contribution in [0.1, 0.15) is 58.7 Å². The highest BCUT2D eigenvalue weighted by atomic mass is 16.2. The summed E-state index contributed by atoms with van der Waals surface area (Å²) in [6, 6.07) is 16.1. The molecule has 0 saturated heterocycles. The number of hydrogen-bond donors (Lipinski definition) is 2. The second kappa shape index (κ2) is 9.50. The van der Waals surface area contributed by atoms with Crippen molar-refractivity contribution in [2.45, 2.75) is 39.7 Å². The van der Waals surface area contributed by atoms with Crippen molar-refractivity contribution in [2.24, 2.45) is 0 Å². The molecular formula is C28H27N5O4. The number of hydrogen-bond acceptors (Lipinski definition) is 5. The molecule has 0 atom stereocenters. The number of H-pyrrole nitrogens is 1. The Morgan fingerprint density at radius 3 is 2.51 bits per heavy atom. The van der Waals surface area contributed by atoms with Crippen LogP contribution < -0.4 is 21.5 Å². The van der Waals surface area contributed by atoms with Crippen molar-refractivity contribution in [3.63, 3.8) is 0 Å². The fraction of sp³-hybridized carbons (Fsp3) is 0.250. The number of nitrogens with zero attached hydrogens (tertiary/aromatic N) is 3. The average molecular weight is 498 g/mol. The van der Waals surface area contributed by atoms with Gasteiger partial charge in [-0.1, -0.05) is 32.0 Å². The lowest BCUT2D eigenvalue weighted by atomic mass is 10.0. The Labute approximate surface area is 212 Å². The van der Waals surface area contributed by atoms with Crippen molar-refractivity contribution in [3.8, 4) is 0 Å². The SMILES string of the molecule is CCn1c(=O)[nH]c(=O)c2c(C(=O)Nc3ccc(C(=O)N4CCc5ccccc54)cc3)cc(C(C)C)nc21. The van der Waals surface area contributed by atoms with Crippen LogP contribution in [0.2, 0.25) is 0 Å². The van der Waals surface area contributed by atoms with E-state index in [-0.39, 0.29) is 28.4 Å². The number of rotatable bonds is 5. The summed E-state index contributed by atoms with van der Waals surface area (Å²) in [6.07, 6.45) is 0.819. The van der Waals surface area contributed by atoms with E-state index < -0.39 is 17.2 Å². The second-order valence-corrected chi connectivity index (χ2v) is 9.32. The summed E-state index contributed by atoms with van der Waals surface area (Å²) in [7, 11) is 0. The zero-order chi connectivity index (χ0) is 26.3. The maximum Gasteiger partial charge on any atom is 0.329 e. The Bertz CT molecular complexity index is 1650. The molecule has 0 radical (unpaired) electrons. The Balaban J connectivity index is 1.45. The maximum absolute atomic E-state index is 13.4. The fourth-order valence-electron chi connectivity index (χ4n) is 4.66. The molecular weight excluding hydrogens is 470 g/mol. The molecule has 0 saturated carbocycles. The van der Waals surface area contributed by atoms with Gasteiger partial charge in [0.15, 0.2) is 5.65 Å². The van der Waals surface area contributed by atoms with E-state index in [1.807, 2.05) is 38.1 Å². The van der Waals surface area contributed by atoms with E-state index in [1.54, 1.807) is 42.2 Å². The standard InChI is InChI=1S/C28H27N5O4/c1-4-32-24-23(26(35)31-28(32)37)20(15-21(30-24)16(2)3)25(34)29-19-11-9-18(10-12-19)27(36)33-14-13-17-7-5-6-8-22(17)33/h5-12,15-16H,4,13-14H2,1-3H3,(H,29,34)(H,31,35,37). The Morgan fingerprint density at radius 2 is 1.81 bits per heavy atom. The first-order valence-corrected chi connectivity index (χ1v) is 12.3. The molecule has 3 heterocycles. The van der Waals surface area contributed by atoms with Gasteiger partial charge in [0.25, 0.3) is 17.4 Å². The van der Waals surface area contributed by atoms with E-state index >= 15 is 0 Å². The first-order valence-electron chi connectivity index (χ1n) is 12.3. The molecule has 1 aliphatic rings. The number of nitrogens with one attached hydrogen (secondary N) is 2. The number of para-hydroxylation sites is 1. The number of pyridine rings is 1. The lowest BCUT2D eigenvalue weighted by Gasteiger charge is -2.17. The van der Waals surface area contributed by atoms with Crippen LogP contribution in [-0.2, 0) is 13.0 Å². The molecule has 4 aromatic rings. The Hall–Kier alpha value is -4.53. The molecule has 188 valence electrons. The summed E-state index contributed by atoms with van der Waals surface area (Å²) >= 11 is 0. The van der Waals surface area contributed by atoms with Crippen molar-refractivity contribution in [1.82, 2.24) is 14.5 Å². The number of carbonyl (C=O) groups is 2. The topological polar surface area (TPSA) is 117 Å². The van der Waals surface area contributed by atoms with Gasteiger partial charge in [-0.05, 0) is 61.2 Å². The fourth-order valence-corrected chi connectivity index (χ4v) is 4.66. The van der Waals surface area contributed by atoms with Gasteiger partial charge in [-0.15, -0.1) is 0 Å². The molecule has 0 unspecified atom stereocenters.